The highest BCUT2D eigenvalue weighted by Crippen LogP contribution is 2.22. The number of fused-ring (bicyclic) bond motifs is 1. The third-order valence-electron chi connectivity index (χ3n) is 4.21. The smallest absolute Gasteiger partial charge is 0.410 e. The molecule has 1 aliphatic rings. The maximum Gasteiger partial charge on any atom is 0.410 e. The molecule has 0 aliphatic carbocycles. The molecule has 5 nitrogen and oxygen atoms in total. The molecule has 3 rings (SSSR count). The summed E-state index contributed by atoms with van der Waals surface area (Å²) in [5, 5.41) is 1.82. The monoisotopic (exact) mass is 361 g/mol. The van der Waals surface area contributed by atoms with E-state index in [-0.39, 0.29) is 6.09 Å². The molecular formula is C19H24ClN3O2. The first kappa shape index (κ1) is 18.0. The van der Waals surface area contributed by atoms with E-state index in [4.69, 9.17) is 16.3 Å². The topological polar surface area (TPSA) is 45.7 Å². The number of hydrogen-bond acceptors (Lipinski definition) is 4. The Balaban J connectivity index is 1.62. The summed E-state index contributed by atoms with van der Waals surface area (Å²) >= 11 is 6.05. The van der Waals surface area contributed by atoms with Gasteiger partial charge in [-0.05, 0) is 44.5 Å². The fourth-order valence-corrected chi connectivity index (χ4v) is 3.14. The Labute approximate surface area is 153 Å². The maximum atomic E-state index is 12.1. The summed E-state index contributed by atoms with van der Waals surface area (Å²) in [6, 6.07) is 7.86. The molecule has 134 valence electrons. The first-order valence-electron chi connectivity index (χ1n) is 8.55. The molecule has 6 heteroatoms. The van der Waals surface area contributed by atoms with Crippen LogP contribution in [0.15, 0.2) is 30.5 Å². The summed E-state index contributed by atoms with van der Waals surface area (Å²) < 4.78 is 5.45. The molecule has 0 atom stereocenters. The van der Waals surface area contributed by atoms with Crippen molar-refractivity contribution in [2.45, 2.75) is 32.9 Å². The van der Waals surface area contributed by atoms with Crippen LogP contribution in [-0.2, 0) is 11.3 Å². The summed E-state index contributed by atoms with van der Waals surface area (Å²) in [4.78, 5) is 20.7. The van der Waals surface area contributed by atoms with Crippen LogP contribution in [0.2, 0.25) is 5.02 Å². The Kier molecular flexibility index (Phi) is 5.16. The zero-order valence-electron chi connectivity index (χ0n) is 15.0. The number of nitrogens with zero attached hydrogens (tertiary/aromatic N) is 3. The number of ether oxygens (including phenoxy) is 1. The number of pyridine rings is 1. The average Bonchev–Trinajstić information content (AvgIpc) is 2.54. The van der Waals surface area contributed by atoms with Crippen LogP contribution in [0.1, 0.15) is 26.3 Å². The van der Waals surface area contributed by atoms with Crippen molar-refractivity contribution in [1.29, 1.82) is 0 Å². The molecule has 1 aromatic carbocycles. The largest absolute Gasteiger partial charge is 0.444 e. The van der Waals surface area contributed by atoms with Gasteiger partial charge in [-0.2, -0.15) is 0 Å². The van der Waals surface area contributed by atoms with Gasteiger partial charge in [-0.1, -0.05) is 17.7 Å². The van der Waals surface area contributed by atoms with E-state index in [1.54, 1.807) is 4.90 Å². The van der Waals surface area contributed by atoms with E-state index in [0.717, 1.165) is 30.5 Å². The van der Waals surface area contributed by atoms with Crippen molar-refractivity contribution in [3.63, 3.8) is 0 Å². The van der Waals surface area contributed by atoms with E-state index in [1.807, 2.05) is 45.2 Å². The fourth-order valence-electron chi connectivity index (χ4n) is 2.97. The highest BCUT2D eigenvalue weighted by atomic mass is 35.5. The first-order chi connectivity index (χ1) is 11.8. The van der Waals surface area contributed by atoms with Gasteiger partial charge in [-0.15, -0.1) is 0 Å². The number of aromatic nitrogens is 1. The van der Waals surface area contributed by atoms with Gasteiger partial charge in [0.1, 0.15) is 5.60 Å². The van der Waals surface area contributed by atoms with Crippen LogP contribution in [0.4, 0.5) is 4.79 Å². The Morgan fingerprint density at radius 3 is 2.60 bits per heavy atom. The lowest BCUT2D eigenvalue weighted by Crippen LogP contribution is -2.49. The van der Waals surface area contributed by atoms with Crippen molar-refractivity contribution in [2.24, 2.45) is 0 Å². The summed E-state index contributed by atoms with van der Waals surface area (Å²) in [6.45, 7) is 9.54. The lowest BCUT2D eigenvalue weighted by atomic mass is 10.1. The Bertz CT molecular complexity index is 765. The Morgan fingerprint density at radius 1 is 1.20 bits per heavy atom. The van der Waals surface area contributed by atoms with Gasteiger partial charge < -0.3 is 9.64 Å². The second kappa shape index (κ2) is 7.18. The minimum Gasteiger partial charge on any atom is -0.444 e. The summed E-state index contributed by atoms with van der Waals surface area (Å²) in [5.41, 5.74) is 1.69. The second-order valence-electron chi connectivity index (χ2n) is 7.38. The minimum atomic E-state index is -0.453. The molecule has 0 bridgehead atoms. The molecule has 2 heterocycles. The van der Waals surface area contributed by atoms with Crippen LogP contribution < -0.4 is 0 Å². The number of halogens is 1. The molecular weight excluding hydrogens is 338 g/mol. The van der Waals surface area contributed by atoms with Gasteiger partial charge in [-0.25, -0.2) is 4.79 Å². The van der Waals surface area contributed by atoms with Crippen molar-refractivity contribution < 1.29 is 9.53 Å². The molecule has 0 radical (unpaired) electrons. The highest BCUT2D eigenvalue weighted by Gasteiger charge is 2.25. The molecule has 25 heavy (non-hydrogen) atoms. The summed E-state index contributed by atoms with van der Waals surface area (Å²) in [7, 11) is 0. The quantitative estimate of drug-likeness (QED) is 0.812. The van der Waals surface area contributed by atoms with Gasteiger partial charge in [0.05, 0.1) is 5.52 Å². The number of rotatable bonds is 2. The molecule has 1 aliphatic heterocycles. The predicted octanol–water partition coefficient (Wildman–Crippen LogP) is 3.94. The van der Waals surface area contributed by atoms with Crippen LogP contribution >= 0.6 is 11.6 Å². The van der Waals surface area contributed by atoms with Gasteiger partial charge in [0.2, 0.25) is 0 Å². The van der Waals surface area contributed by atoms with Crippen molar-refractivity contribution in [3.05, 3.63) is 41.0 Å². The zero-order valence-corrected chi connectivity index (χ0v) is 15.7. The Hall–Kier alpha value is -1.85. The van der Waals surface area contributed by atoms with Crippen LogP contribution in [0.25, 0.3) is 10.9 Å². The SMILES string of the molecule is CC(C)(C)OC(=O)N1CCN(Cc2ccnc3cc(Cl)ccc23)CC1. The van der Waals surface area contributed by atoms with Gasteiger partial charge in [0.25, 0.3) is 0 Å². The number of hydrogen-bond donors (Lipinski definition) is 0. The molecule has 2 aromatic rings. The lowest BCUT2D eigenvalue weighted by molar-refractivity contribution is 0.0139. The van der Waals surface area contributed by atoms with Crippen LogP contribution in [0.3, 0.4) is 0 Å². The minimum absolute atomic E-state index is 0.226. The third kappa shape index (κ3) is 4.61. The highest BCUT2D eigenvalue weighted by molar-refractivity contribution is 6.31. The van der Waals surface area contributed by atoms with E-state index >= 15 is 0 Å². The Morgan fingerprint density at radius 2 is 1.92 bits per heavy atom. The molecule has 0 unspecified atom stereocenters. The number of benzene rings is 1. The predicted molar refractivity (Wildman–Crippen MR) is 99.8 cm³/mol. The van der Waals surface area contributed by atoms with Gasteiger partial charge in [0.15, 0.2) is 0 Å². The van der Waals surface area contributed by atoms with Gasteiger partial charge >= 0.3 is 6.09 Å². The molecule has 1 saturated heterocycles. The van der Waals surface area contributed by atoms with E-state index in [2.05, 4.69) is 16.0 Å². The molecule has 1 amide bonds. The fraction of sp³-hybridized carbons (Fsp3) is 0.474. The zero-order chi connectivity index (χ0) is 18.0. The van der Waals surface area contributed by atoms with Crippen LogP contribution in [0.5, 0.6) is 0 Å². The number of carbonyl (C=O) groups excluding carboxylic acids is 1. The summed E-state index contributed by atoms with van der Waals surface area (Å²) in [6.07, 6.45) is 1.60. The standard InChI is InChI=1S/C19H24ClN3O2/c1-19(2,3)25-18(24)23-10-8-22(9-11-23)13-14-6-7-21-17-12-15(20)4-5-16(14)17/h4-7,12H,8-11,13H2,1-3H3. The second-order valence-corrected chi connectivity index (χ2v) is 7.81. The third-order valence-corrected chi connectivity index (χ3v) is 4.45. The number of amides is 1. The molecule has 1 aromatic heterocycles. The molecule has 0 saturated carbocycles. The van der Waals surface area contributed by atoms with Gasteiger partial charge in [0, 0.05) is 49.3 Å². The van der Waals surface area contributed by atoms with Crippen LogP contribution in [0, 0.1) is 0 Å². The van der Waals surface area contributed by atoms with E-state index in [9.17, 15) is 4.79 Å². The lowest BCUT2D eigenvalue weighted by Gasteiger charge is -2.35. The molecule has 0 N–H and O–H groups in total. The van der Waals surface area contributed by atoms with E-state index in [0.29, 0.717) is 18.1 Å². The van der Waals surface area contributed by atoms with Crippen molar-refractivity contribution in [2.75, 3.05) is 26.2 Å². The van der Waals surface area contributed by atoms with Crippen molar-refractivity contribution in [1.82, 2.24) is 14.8 Å². The van der Waals surface area contributed by atoms with Crippen LogP contribution in [-0.4, -0.2) is 52.7 Å². The normalized spacial score (nSPS) is 16.2. The van der Waals surface area contributed by atoms with E-state index in [1.165, 1.54) is 5.56 Å². The maximum absolute atomic E-state index is 12.1. The molecule has 0 spiro atoms. The number of carbonyl (C=O) groups is 1. The first-order valence-corrected chi connectivity index (χ1v) is 8.93. The van der Waals surface area contributed by atoms with Gasteiger partial charge in [-0.3, -0.25) is 9.88 Å². The molecule has 1 fully saturated rings. The van der Waals surface area contributed by atoms with E-state index < -0.39 is 5.60 Å². The number of piperazine rings is 1. The summed E-state index contributed by atoms with van der Waals surface area (Å²) in [5.74, 6) is 0. The van der Waals surface area contributed by atoms with Crippen molar-refractivity contribution in [3.8, 4) is 0 Å². The van der Waals surface area contributed by atoms with Crippen molar-refractivity contribution >= 4 is 28.6 Å². The average molecular weight is 362 g/mol.